The number of hydrogen-bond donors (Lipinski definition) is 2. The van der Waals surface area contributed by atoms with Gasteiger partial charge in [0.1, 0.15) is 5.01 Å². The van der Waals surface area contributed by atoms with Gasteiger partial charge in [0.05, 0.1) is 0 Å². The molecule has 0 atom stereocenters. The van der Waals surface area contributed by atoms with E-state index in [0.717, 1.165) is 24.3 Å². The van der Waals surface area contributed by atoms with E-state index in [-0.39, 0.29) is 6.03 Å². The third kappa shape index (κ3) is 5.63. The first-order valence-electron chi connectivity index (χ1n) is 5.99. The van der Waals surface area contributed by atoms with Crippen LogP contribution in [0.4, 0.5) is 9.93 Å². The van der Waals surface area contributed by atoms with Crippen molar-refractivity contribution in [2.45, 2.75) is 40.0 Å². The second-order valence-corrected chi connectivity index (χ2v) is 5.40. The fraction of sp³-hybridized carbons (Fsp3) is 0.727. The number of amides is 2. The Labute approximate surface area is 106 Å². The molecule has 96 valence electrons. The predicted molar refractivity (Wildman–Crippen MR) is 70.4 cm³/mol. The van der Waals surface area contributed by atoms with Gasteiger partial charge in [0, 0.05) is 13.0 Å². The Morgan fingerprint density at radius 3 is 2.82 bits per heavy atom. The Balaban J connectivity index is 2.35. The Kier molecular flexibility index (Phi) is 5.90. The van der Waals surface area contributed by atoms with Crippen LogP contribution in [0.1, 0.15) is 38.6 Å². The Hall–Kier alpha value is -1.17. The molecule has 0 aromatic carbocycles. The molecule has 1 aromatic heterocycles. The fourth-order valence-electron chi connectivity index (χ4n) is 1.26. The van der Waals surface area contributed by atoms with Gasteiger partial charge in [-0.25, -0.2) is 4.79 Å². The third-order valence-electron chi connectivity index (χ3n) is 2.09. The van der Waals surface area contributed by atoms with Gasteiger partial charge in [-0.15, -0.1) is 10.2 Å². The van der Waals surface area contributed by atoms with Crippen molar-refractivity contribution in [2.24, 2.45) is 5.92 Å². The summed E-state index contributed by atoms with van der Waals surface area (Å²) < 4.78 is 0. The van der Waals surface area contributed by atoms with Gasteiger partial charge in [-0.1, -0.05) is 38.5 Å². The largest absolute Gasteiger partial charge is 0.338 e. The van der Waals surface area contributed by atoms with E-state index < -0.39 is 0 Å². The molecule has 0 saturated heterocycles. The number of urea groups is 1. The smallest absolute Gasteiger partial charge is 0.321 e. The summed E-state index contributed by atoms with van der Waals surface area (Å²) in [6.07, 6.45) is 2.95. The lowest BCUT2D eigenvalue weighted by Crippen LogP contribution is -2.29. The van der Waals surface area contributed by atoms with E-state index in [2.05, 4.69) is 41.6 Å². The van der Waals surface area contributed by atoms with Gasteiger partial charge >= 0.3 is 6.03 Å². The number of carbonyl (C=O) groups is 1. The lowest BCUT2D eigenvalue weighted by atomic mass is 10.1. The van der Waals surface area contributed by atoms with E-state index in [1.165, 1.54) is 11.3 Å². The summed E-state index contributed by atoms with van der Waals surface area (Å²) in [5.41, 5.74) is 0. The van der Waals surface area contributed by atoms with Gasteiger partial charge < -0.3 is 5.32 Å². The molecule has 0 aliphatic rings. The van der Waals surface area contributed by atoms with Crippen LogP contribution in [0, 0.1) is 5.92 Å². The van der Waals surface area contributed by atoms with Crippen LogP contribution >= 0.6 is 11.3 Å². The molecule has 6 heteroatoms. The topological polar surface area (TPSA) is 66.9 Å². The summed E-state index contributed by atoms with van der Waals surface area (Å²) in [6, 6.07) is -0.203. The first-order valence-corrected chi connectivity index (χ1v) is 6.80. The van der Waals surface area contributed by atoms with Gasteiger partial charge in [0.25, 0.3) is 0 Å². The number of aromatic nitrogens is 2. The van der Waals surface area contributed by atoms with E-state index in [4.69, 9.17) is 0 Å². The highest BCUT2D eigenvalue weighted by Gasteiger charge is 2.08. The number of nitrogens with one attached hydrogen (secondary N) is 2. The molecule has 1 aromatic rings. The lowest BCUT2D eigenvalue weighted by molar-refractivity contribution is 0.252. The monoisotopic (exact) mass is 256 g/mol. The maximum Gasteiger partial charge on any atom is 0.321 e. The molecular formula is C11H20N4OS. The first kappa shape index (κ1) is 13.9. The molecular weight excluding hydrogens is 236 g/mol. The average molecular weight is 256 g/mol. The third-order valence-corrected chi connectivity index (χ3v) is 2.95. The highest BCUT2D eigenvalue weighted by Crippen LogP contribution is 2.17. The van der Waals surface area contributed by atoms with Crippen LogP contribution in [0.3, 0.4) is 0 Å². The van der Waals surface area contributed by atoms with E-state index in [1.54, 1.807) is 0 Å². The van der Waals surface area contributed by atoms with Crippen LogP contribution in [0.25, 0.3) is 0 Å². The maximum absolute atomic E-state index is 11.4. The molecule has 5 nitrogen and oxygen atoms in total. The molecule has 2 N–H and O–H groups in total. The van der Waals surface area contributed by atoms with Crippen LogP contribution in [-0.4, -0.2) is 22.8 Å². The summed E-state index contributed by atoms with van der Waals surface area (Å²) in [5.74, 6) is 0.550. The van der Waals surface area contributed by atoms with Crippen molar-refractivity contribution in [2.75, 3.05) is 11.9 Å². The van der Waals surface area contributed by atoms with Crippen LogP contribution in [0.15, 0.2) is 0 Å². The normalized spacial score (nSPS) is 10.6. The van der Waals surface area contributed by atoms with Crippen molar-refractivity contribution in [3.63, 3.8) is 0 Å². The summed E-state index contributed by atoms with van der Waals surface area (Å²) in [4.78, 5) is 11.4. The van der Waals surface area contributed by atoms with Crippen LogP contribution in [0.5, 0.6) is 0 Å². The van der Waals surface area contributed by atoms with Crippen LogP contribution < -0.4 is 10.6 Å². The second kappa shape index (κ2) is 7.21. The highest BCUT2D eigenvalue weighted by molar-refractivity contribution is 7.15. The van der Waals surface area contributed by atoms with Crippen molar-refractivity contribution in [3.05, 3.63) is 5.01 Å². The molecule has 0 unspecified atom stereocenters. The molecule has 0 spiro atoms. The number of anilines is 1. The maximum atomic E-state index is 11.4. The number of hydrogen-bond acceptors (Lipinski definition) is 4. The van der Waals surface area contributed by atoms with Crippen LogP contribution in [-0.2, 0) is 6.42 Å². The summed E-state index contributed by atoms with van der Waals surface area (Å²) in [7, 11) is 0. The summed E-state index contributed by atoms with van der Waals surface area (Å²) >= 11 is 1.43. The number of carbonyl (C=O) groups excluding carboxylic acids is 1. The molecule has 0 saturated carbocycles. The summed E-state index contributed by atoms with van der Waals surface area (Å²) in [5, 5.41) is 15.0. The van der Waals surface area contributed by atoms with Gasteiger partial charge in [0.15, 0.2) is 0 Å². The van der Waals surface area contributed by atoms with Gasteiger partial charge in [-0.05, 0) is 12.3 Å². The molecule has 0 fully saturated rings. The van der Waals surface area contributed by atoms with Gasteiger partial charge in [-0.3, -0.25) is 5.32 Å². The minimum atomic E-state index is -0.203. The minimum absolute atomic E-state index is 0.203. The highest BCUT2D eigenvalue weighted by atomic mass is 32.1. The molecule has 2 amide bonds. The number of nitrogens with zero attached hydrogens (tertiary/aromatic N) is 2. The Bertz CT molecular complexity index is 351. The molecule has 1 rings (SSSR count). The Morgan fingerprint density at radius 2 is 2.18 bits per heavy atom. The molecule has 0 aliphatic carbocycles. The zero-order valence-corrected chi connectivity index (χ0v) is 11.4. The van der Waals surface area contributed by atoms with Crippen molar-refractivity contribution >= 4 is 22.5 Å². The lowest BCUT2D eigenvalue weighted by Gasteiger charge is -2.03. The zero-order chi connectivity index (χ0) is 12.7. The molecule has 0 radical (unpaired) electrons. The average Bonchev–Trinajstić information content (AvgIpc) is 2.64. The van der Waals surface area contributed by atoms with E-state index in [9.17, 15) is 4.79 Å². The van der Waals surface area contributed by atoms with Crippen LogP contribution in [0.2, 0.25) is 0 Å². The molecule has 17 heavy (non-hydrogen) atoms. The van der Waals surface area contributed by atoms with E-state index in [1.807, 2.05) is 0 Å². The Morgan fingerprint density at radius 1 is 1.41 bits per heavy atom. The quantitative estimate of drug-likeness (QED) is 0.769. The molecule has 0 bridgehead atoms. The zero-order valence-electron chi connectivity index (χ0n) is 10.6. The van der Waals surface area contributed by atoms with E-state index in [0.29, 0.717) is 17.6 Å². The molecule has 1 heterocycles. The van der Waals surface area contributed by atoms with E-state index >= 15 is 0 Å². The van der Waals surface area contributed by atoms with Crippen molar-refractivity contribution in [3.8, 4) is 0 Å². The second-order valence-electron chi connectivity index (χ2n) is 4.33. The van der Waals surface area contributed by atoms with Gasteiger partial charge in [0.2, 0.25) is 5.13 Å². The standard InChI is InChI=1S/C11H20N4OS/c1-4-5-6-12-10(16)13-11-15-14-9(17-11)7-8(2)3/h8H,4-7H2,1-3H3,(H2,12,13,15,16). The molecule has 0 aliphatic heterocycles. The predicted octanol–water partition coefficient (Wildman–Crippen LogP) is 2.66. The fourth-order valence-corrected chi connectivity index (χ4v) is 2.20. The first-order chi connectivity index (χ1) is 8.11. The SMILES string of the molecule is CCCCNC(=O)Nc1nnc(CC(C)C)s1. The van der Waals surface area contributed by atoms with Crippen molar-refractivity contribution in [1.82, 2.24) is 15.5 Å². The minimum Gasteiger partial charge on any atom is -0.338 e. The number of unbranched alkanes of at least 4 members (excludes halogenated alkanes) is 1. The summed E-state index contributed by atoms with van der Waals surface area (Å²) in [6.45, 7) is 7.04. The van der Waals surface area contributed by atoms with Gasteiger partial charge in [-0.2, -0.15) is 0 Å². The number of rotatable bonds is 6. The van der Waals surface area contributed by atoms with Crippen molar-refractivity contribution < 1.29 is 4.79 Å². The van der Waals surface area contributed by atoms with Crippen molar-refractivity contribution in [1.29, 1.82) is 0 Å².